The molecule has 0 aliphatic carbocycles. The highest BCUT2D eigenvalue weighted by atomic mass is 16.5. The summed E-state index contributed by atoms with van der Waals surface area (Å²) >= 11 is 0. The van der Waals surface area contributed by atoms with Crippen LogP contribution in [0.25, 0.3) is 11.3 Å². The van der Waals surface area contributed by atoms with Crippen molar-refractivity contribution in [2.24, 2.45) is 0 Å². The van der Waals surface area contributed by atoms with Gasteiger partial charge in [0.05, 0.1) is 12.3 Å². The quantitative estimate of drug-likeness (QED) is 0.773. The second kappa shape index (κ2) is 6.45. The van der Waals surface area contributed by atoms with Crippen LogP contribution in [0.3, 0.4) is 0 Å². The van der Waals surface area contributed by atoms with Crippen LogP contribution in [-0.2, 0) is 6.61 Å². The Morgan fingerprint density at radius 3 is 2.73 bits per heavy atom. The number of aliphatic hydroxyl groups excluding tert-OH is 1. The van der Waals surface area contributed by atoms with Gasteiger partial charge in [-0.05, 0) is 24.6 Å². The van der Waals surface area contributed by atoms with E-state index >= 15 is 0 Å². The van der Waals surface area contributed by atoms with Crippen molar-refractivity contribution >= 4 is 0 Å². The van der Waals surface area contributed by atoms with Gasteiger partial charge in [-0.1, -0.05) is 42.5 Å². The van der Waals surface area contributed by atoms with Crippen molar-refractivity contribution in [3.05, 3.63) is 72.2 Å². The third kappa shape index (κ3) is 3.35. The second-order valence-electron chi connectivity index (χ2n) is 5.02. The second-order valence-corrected chi connectivity index (χ2v) is 5.02. The molecule has 0 aliphatic rings. The Morgan fingerprint density at radius 1 is 1.14 bits per heavy atom. The van der Waals surface area contributed by atoms with Crippen LogP contribution < -0.4 is 4.74 Å². The topological polar surface area (TPSA) is 55.5 Å². The molecule has 1 aromatic heterocycles. The van der Waals surface area contributed by atoms with Crippen LogP contribution in [0.4, 0.5) is 0 Å². The number of nitrogens with zero attached hydrogens (tertiary/aromatic N) is 1. The van der Waals surface area contributed by atoms with Gasteiger partial charge >= 0.3 is 0 Å². The Morgan fingerprint density at radius 2 is 1.95 bits per heavy atom. The molecule has 0 fully saturated rings. The van der Waals surface area contributed by atoms with Crippen LogP contribution >= 0.6 is 0 Å². The zero-order valence-electron chi connectivity index (χ0n) is 12.3. The summed E-state index contributed by atoms with van der Waals surface area (Å²) in [5.74, 6) is 1.91. The van der Waals surface area contributed by atoms with Gasteiger partial charge in [0.1, 0.15) is 5.75 Å². The lowest BCUT2D eigenvalue weighted by molar-refractivity contribution is 0.198. The van der Waals surface area contributed by atoms with Gasteiger partial charge in [-0.25, -0.2) is 4.98 Å². The molecule has 0 aliphatic heterocycles. The summed E-state index contributed by atoms with van der Waals surface area (Å²) in [4.78, 5) is 4.22. The molecule has 2 aromatic carbocycles. The Labute approximate surface area is 129 Å². The highest BCUT2D eigenvalue weighted by Crippen LogP contribution is 2.22. The molecule has 0 saturated heterocycles. The summed E-state index contributed by atoms with van der Waals surface area (Å²) in [7, 11) is 0. The van der Waals surface area contributed by atoms with E-state index < -0.39 is 6.10 Å². The number of hydrogen-bond donors (Lipinski definition) is 1. The van der Waals surface area contributed by atoms with Crippen LogP contribution in [0.2, 0.25) is 0 Å². The highest BCUT2D eigenvalue weighted by molar-refractivity contribution is 5.55. The monoisotopic (exact) mass is 295 g/mol. The van der Waals surface area contributed by atoms with Gasteiger partial charge in [0.15, 0.2) is 12.4 Å². The zero-order valence-corrected chi connectivity index (χ0v) is 12.3. The normalized spacial score (nSPS) is 12.1. The molecule has 4 nitrogen and oxygen atoms in total. The van der Waals surface area contributed by atoms with E-state index in [1.807, 2.05) is 54.6 Å². The largest absolute Gasteiger partial charge is 0.484 e. The van der Waals surface area contributed by atoms with E-state index in [0.29, 0.717) is 11.6 Å². The van der Waals surface area contributed by atoms with Gasteiger partial charge < -0.3 is 14.3 Å². The highest BCUT2D eigenvalue weighted by Gasteiger charge is 2.07. The maximum Gasteiger partial charge on any atom is 0.232 e. The first-order valence-corrected chi connectivity index (χ1v) is 7.13. The fraction of sp³-hybridized carbons (Fsp3) is 0.167. The summed E-state index contributed by atoms with van der Waals surface area (Å²) < 4.78 is 11.3. The van der Waals surface area contributed by atoms with Crippen molar-refractivity contribution in [1.82, 2.24) is 4.98 Å². The van der Waals surface area contributed by atoms with Gasteiger partial charge in [0, 0.05) is 5.56 Å². The Bertz CT molecular complexity index is 735. The third-order valence-electron chi connectivity index (χ3n) is 3.31. The lowest BCUT2D eigenvalue weighted by Crippen LogP contribution is -1.97. The van der Waals surface area contributed by atoms with E-state index in [1.54, 1.807) is 13.1 Å². The van der Waals surface area contributed by atoms with Crippen LogP contribution in [-0.4, -0.2) is 10.1 Å². The summed E-state index contributed by atoms with van der Waals surface area (Å²) in [5, 5.41) is 9.58. The maximum atomic E-state index is 9.58. The van der Waals surface area contributed by atoms with E-state index in [0.717, 1.165) is 16.9 Å². The first-order chi connectivity index (χ1) is 10.7. The number of aliphatic hydroxyl groups is 1. The summed E-state index contributed by atoms with van der Waals surface area (Å²) in [6.07, 6.45) is 1.18. The third-order valence-corrected chi connectivity index (χ3v) is 3.31. The molecule has 0 spiro atoms. The Hall–Kier alpha value is -2.59. The van der Waals surface area contributed by atoms with Crippen molar-refractivity contribution in [1.29, 1.82) is 0 Å². The average Bonchev–Trinajstić information content (AvgIpc) is 3.03. The van der Waals surface area contributed by atoms with Gasteiger partial charge in [-0.15, -0.1) is 0 Å². The van der Waals surface area contributed by atoms with Crippen molar-refractivity contribution in [2.75, 3.05) is 0 Å². The number of hydrogen-bond acceptors (Lipinski definition) is 4. The SMILES string of the molecule is CC(O)c1cccc(OCc2ncc(-c3ccccc3)o2)c1. The summed E-state index contributed by atoms with van der Waals surface area (Å²) in [6, 6.07) is 17.2. The predicted molar refractivity (Wildman–Crippen MR) is 83.3 cm³/mol. The van der Waals surface area contributed by atoms with E-state index in [1.165, 1.54) is 0 Å². The minimum Gasteiger partial charge on any atom is -0.484 e. The number of oxazole rings is 1. The molecule has 112 valence electrons. The van der Waals surface area contributed by atoms with Gasteiger partial charge in [-0.3, -0.25) is 0 Å². The van der Waals surface area contributed by atoms with Crippen molar-refractivity contribution in [3.8, 4) is 17.1 Å². The molecule has 4 heteroatoms. The van der Waals surface area contributed by atoms with Gasteiger partial charge in [-0.2, -0.15) is 0 Å². The molecule has 3 aromatic rings. The number of benzene rings is 2. The maximum absolute atomic E-state index is 9.58. The predicted octanol–water partition coefficient (Wildman–Crippen LogP) is 3.97. The van der Waals surface area contributed by atoms with E-state index in [-0.39, 0.29) is 6.61 Å². The van der Waals surface area contributed by atoms with Crippen LogP contribution in [0.1, 0.15) is 24.5 Å². The molecular formula is C18H17NO3. The van der Waals surface area contributed by atoms with Gasteiger partial charge in [0.25, 0.3) is 0 Å². The number of ether oxygens (including phenoxy) is 1. The van der Waals surface area contributed by atoms with Crippen molar-refractivity contribution in [3.63, 3.8) is 0 Å². The minimum absolute atomic E-state index is 0.246. The molecule has 1 unspecified atom stereocenters. The van der Waals surface area contributed by atoms with Crippen LogP contribution in [0, 0.1) is 0 Å². The first kappa shape index (κ1) is 14.4. The molecule has 3 rings (SSSR count). The van der Waals surface area contributed by atoms with Crippen molar-refractivity contribution in [2.45, 2.75) is 19.6 Å². The number of aromatic nitrogens is 1. The summed E-state index contributed by atoms with van der Waals surface area (Å²) in [6.45, 7) is 1.97. The molecule has 1 heterocycles. The number of rotatable bonds is 5. The average molecular weight is 295 g/mol. The van der Waals surface area contributed by atoms with E-state index in [9.17, 15) is 5.11 Å². The molecule has 0 saturated carbocycles. The van der Waals surface area contributed by atoms with Crippen LogP contribution in [0.5, 0.6) is 5.75 Å². The fourth-order valence-corrected chi connectivity index (χ4v) is 2.12. The molecule has 0 amide bonds. The zero-order chi connectivity index (χ0) is 15.4. The summed E-state index contributed by atoms with van der Waals surface area (Å²) in [5.41, 5.74) is 1.80. The fourth-order valence-electron chi connectivity index (χ4n) is 2.12. The van der Waals surface area contributed by atoms with Crippen LogP contribution in [0.15, 0.2) is 65.2 Å². The van der Waals surface area contributed by atoms with Crippen molar-refractivity contribution < 1.29 is 14.3 Å². The molecule has 22 heavy (non-hydrogen) atoms. The van der Waals surface area contributed by atoms with E-state index in [2.05, 4.69) is 4.98 Å². The smallest absolute Gasteiger partial charge is 0.232 e. The Kier molecular flexibility index (Phi) is 4.21. The molecule has 1 N–H and O–H groups in total. The van der Waals surface area contributed by atoms with E-state index in [4.69, 9.17) is 9.15 Å². The lowest BCUT2D eigenvalue weighted by Gasteiger charge is -2.08. The molecule has 0 radical (unpaired) electrons. The molecule has 1 atom stereocenters. The molecule has 0 bridgehead atoms. The minimum atomic E-state index is -0.519. The Balaban J connectivity index is 1.67. The lowest BCUT2D eigenvalue weighted by atomic mass is 10.1. The van der Waals surface area contributed by atoms with Gasteiger partial charge in [0.2, 0.25) is 5.89 Å². The standard InChI is InChI=1S/C18H17NO3/c1-13(20)15-8-5-9-16(10-15)21-12-18-19-11-17(22-18)14-6-3-2-4-7-14/h2-11,13,20H,12H2,1H3. The molecular weight excluding hydrogens is 278 g/mol. The first-order valence-electron chi connectivity index (χ1n) is 7.13.